The van der Waals surface area contributed by atoms with Gasteiger partial charge in [-0.25, -0.2) is 0 Å². The Morgan fingerprint density at radius 1 is 0.947 bits per heavy atom. The van der Waals surface area contributed by atoms with Crippen molar-refractivity contribution in [1.29, 1.82) is 0 Å². The molecule has 7 heteroatoms. The monoisotopic (exact) mass is 270 g/mol. The number of hydrogen-bond donors (Lipinski definition) is 0. The van der Waals surface area contributed by atoms with Crippen molar-refractivity contribution in [3.8, 4) is 0 Å². The molecule has 104 valence electrons. The maximum Gasteiger partial charge on any atom is 0.308 e. The first-order valence-corrected chi connectivity index (χ1v) is 5.22. The molecule has 0 saturated heterocycles. The van der Waals surface area contributed by atoms with Gasteiger partial charge in [-0.1, -0.05) is 0 Å². The molecule has 0 aliphatic rings. The number of esters is 3. The van der Waals surface area contributed by atoms with Crippen molar-refractivity contribution in [2.45, 2.75) is 20.8 Å². The van der Waals surface area contributed by atoms with Crippen LogP contribution in [0.5, 0.6) is 0 Å². The molecule has 0 aliphatic heterocycles. The average Bonchev–Trinajstić information content (AvgIpc) is 2.29. The molecule has 0 unspecified atom stereocenters. The minimum atomic E-state index is -0.705. The largest absolute Gasteiger partial charge is 0.457 e. The molecule has 0 radical (unpaired) electrons. The molecule has 0 bridgehead atoms. The van der Waals surface area contributed by atoms with Crippen LogP contribution in [0, 0.1) is 0 Å². The van der Waals surface area contributed by atoms with E-state index in [2.05, 4.69) is 14.2 Å². The Morgan fingerprint density at radius 3 is 2.05 bits per heavy atom. The summed E-state index contributed by atoms with van der Waals surface area (Å²) in [5.41, 5.74) is 0. The molecule has 7 nitrogen and oxygen atoms in total. The predicted octanol–water partition coefficient (Wildman–Crippen LogP) is 0.642. The number of allylic oxidation sites excluding steroid dienone is 2. The van der Waals surface area contributed by atoms with Crippen molar-refractivity contribution in [3.05, 3.63) is 24.2 Å². The highest BCUT2D eigenvalue weighted by molar-refractivity contribution is 5.97. The highest BCUT2D eigenvalue weighted by Gasteiger charge is 2.14. The van der Waals surface area contributed by atoms with Crippen molar-refractivity contribution in [2.75, 3.05) is 6.61 Å². The molecule has 0 heterocycles. The number of carbonyl (C=O) groups is 4. The number of carbonyl (C=O) groups excluding carboxylic acids is 4. The molecule has 0 fully saturated rings. The van der Waals surface area contributed by atoms with Gasteiger partial charge in [-0.2, -0.15) is 0 Å². The molecule has 0 amide bonds. The molecule has 0 aliphatic carbocycles. The van der Waals surface area contributed by atoms with Crippen molar-refractivity contribution in [2.24, 2.45) is 0 Å². The predicted molar refractivity (Wildman–Crippen MR) is 62.4 cm³/mol. The zero-order valence-electron chi connectivity index (χ0n) is 10.8. The third-order valence-electron chi connectivity index (χ3n) is 1.50. The van der Waals surface area contributed by atoms with Crippen molar-refractivity contribution < 1.29 is 33.4 Å². The first-order valence-electron chi connectivity index (χ1n) is 5.22. The van der Waals surface area contributed by atoms with Gasteiger partial charge in [-0.15, -0.1) is 0 Å². The minimum Gasteiger partial charge on any atom is -0.457 e. The molecule has 0 aromatic rings. The van der Waals surface area contributed by atoms with Gasteiger partial charge >= 0.3 is 17.9 Å². The summed E-state index contributed by atoms with van der Waals surface area (Å²) in [6.45, 7) is 2.91. The molecule has 0 spiro atoms. The topological polar surface area (TPSA) is 96.0 Å². The summed E-state index contributed by atoms with van der Waals surface area (Å²) in [4.78, 5) is 43.4. The second-order valence-corrected chi connectivity index (χ2v) is 3.27. The van der Waals surface area contributed by atoms with E-state index in [4.69, 9.17) is 0 Å². The fraction of sp³-hybridized carbons (Fsp3) is 0.333. The first kappa shape index (κ1) is 16.6. The van der Waals surface area contributed by atoms with Gasteiger partial charge in [0.1, 0.15) is 0 Å². The van der Waals surface area contributed by atoms with Crippen LogP contribution in [0.3, 0.4) is 0 Å². The fourth-order valence-corrected chi connectivity index (χ4v) is 0.839. The SMILES string of the molecule is CC(=O)O/C=C/C=C(\OC(C)=O)C(=O)COC(C)=O. The van der Waals surface area contributed by atoms with Gasteiger partial charge in [0, 0.05) is 20.8 Å². The second-order valence-electron chi connectivity index (χ2n) is 3.27. The van der Waals surface area contributed by atoms with E-state index in [9.17, 15) is 19.2 Å². The molecule has 19 heavy (non-hydrogen) atoms. The van der Waals surface area contributed by atoms with Crippen LogP contribution < -0.4 is 0 Å². The highest BCUT2D eigenvalue weighted by Crippen LogP contribution is 2.02. The average molecular weight is 270 g/mol. The van der Waals surface area contributed by atoms with Gasteiger partial charge in [-0.3, -0.25) is 19.2 Å². The van der Waals surface area contributed by atoms with E-state index in [1.54, 1.807) is 0 Å². The summed E-state index contributed by atoms with van der Waals surface area (Å²) in [7, 11) is 0. The Labute approximate surface area is 109 Å². The number of rotatable bonds is 6. The van der Waals surface area contributed by atoms with Gasteiger partial charge in [0.2, 0.25) is 5.78 Å². The molecule has 0 aromatic carbocycles. The Hall–Kier alpha value is -2.44. The van der Waals surface area contributed by atoms with Gasteiger partial charge < -0.3 is 14.2 Å². The minimum absolute atomic E-state index is 0.322. The normalized spacial score (nSPS) is 11.0. The lowest BCUT2D eigenvalue weighted by Gasteiger charge is -2.05. The molecule has 0 aromatic heterocycles. The molecular weight excluding hydrogens is 256 g/mol. The van der Waals surface area contributed by atoms with Gasteiger partial charge in [0.05, 0.1) is 6.26 Å². The summed E-state index contributed by atoms with van der Waals surface area (Å²) in [6.07, 6.45) is 3.34. The zero-order chi connectivity index (χ0) is 14.8. The van der Waals surface area contributed by atoms with Crippen LogP contribution in [0.4, 0.5) is 0 Å². The van der Waals surface area contributed by atoms with Crippen LogP contribution in [0.25, 0.3) is 0 Å². The van der Waals surface area contributed by atoms with Crippen LogP contribution in [-0.4, -0.2) is 30.3 Å². The van der Waals surface area contributed by atoms with Crippen LogP contribution in [0.15, 0.2) is 24.2 Å². The smallest absolute Gasteiger partial charge is 0.308 e. The molecule has 0 rings (SSSR count). The Balaban J connectivity index is 4.69. The fourth-order valence-electron chi connectivity index (χ4n) is 0.839. The number of ketones is 1. The Kier molecular flexibility index (Phi) is 7.51. The summed E-state index contributed by atoms with van der Waals surface area (Å²) >= 11 is 0. The molecule has 0 saturated carbocycles. The van der Waals surface area contributed by atoms with Gasteiger partial charge in [0.25, 0.3) is 0 Å². The van der Waals surface area contributed by atoms with Crippen LogP contribution in [-0.2, 0) is 33.4 Å². The van der Waals surface area contributed by atoms with E-state index in [1.165, 1.54) is 13.0 Å². The van der Waals surface area contributed by atoms with E-state index >= 15 is 0 Å². The summed E-state index contributed by atoms with van der Waals surface area (Å²) in [6, 6.07) is 0. The second kappa shape index (κ2) is 8.62. The lowest BCUT2D eigenvalue weighted by atomic mass is 10.3. The number of Topliss-reactive ketones (excluding diaryl/α,β-unsaturated/α-hetero) is 1. The third-order valence-corrected chi connectivity index (χ3v) is 1.50. The summed E-state index contributed by atoms with van der Waals surface area (Å²) in [5.74, 6) is -2.89. The van der Waals surface area contributed by atoms with Crippen molar-refractivity contribution in [3.63, 3.8) is 0 Å². The summed E-state index contributed by atoms with van der Waals surface area (Å²) < 4.78 is 13.6. The lowest BCUT2D eigenvalue weighted by Crippen LogP contribution is -2.17. The van der Waals surface area contributed by atoms with Crippen LogP contribution >= 0.6 is 0 Å². The van der Waals surface area contributed by atoms with E-state index in [0.717, 1.165) is 26.2 Å². The number of ether oxygens (including phenoxy) is 3. The Bertz CT molecular complexity index is 431. The Morgan fingerprint density at radius 2 is 1.58 bits per heavy atom. The van der Waals surface area contributed by atoms with Gasteiger partial charge in [0.15, 0.2) is 12.4 Å². The molecule has 0 atom stereocenters. The zero-order valence-corrected chi connectivity index (χ0v) is 10.8. The molecule has 0 N–H and O–H groups in total. The third kappa shape index (κ3) is 9.28. The standard InChI is InChI=1S/C12H14O7/c1-8(13)17-6-4-5-12(19-10(3)15)11(16)7-18-9(2)14/h4-6H,7H2,1-3H3/b6-4+,12-5-. The van der Waals surface area contributed by atoms with Crippen LogP contribution in [0.2, 0.25) is 0 Å². The van der Waals surface area contributed by atoms with E-state index in [0.29, 0.717) is 0 Å². The van der Waals surface area contributed by atoms with E-state index in [-0.39, 0.29) is 5.76 Å². The van der Waals surface area contributed by atoms with Gasteiger partial charge in [-0.05, 0) is 12.2 Å². The quantitative estimate of drug-likeness (QED) is 0.230. The highest BCUT2D eigenvalue weighted by atomic mass is 16.6. The maximum absolute atomic E-state index is 11.5. The van der Waals surface area contributed by atoms with Crippen molar-refractivity contribution in [1.82, 2.24) is 0 Å². The summed E-state index contributed by atoms with van der Waals surface area (Å²) in [5, 5.41) is 0. The number of hydrogen-bond acceptors (Lipinski definition) is 7. The molecular formula is C12H14O7. The van der Waals surface area contributed by atoms with E-state index in [1.807, 2.05) is 0 Å². The van der Waals surface area contributed by atoms with E-state index < -0.39 is 30.3 Å². The lowest BCUT2D eigenvalue weighted by molar-refractivity contribution is -0.147. The first-order chi connectivity index (χ1) is 8.82. The van der Waals surface area contributed by atoms with Crippen LogP contribution in [0.1, 0.15) is 20.8 Å². The van der Waals surface area contributed by atoms with Crippen molar-refractivity contribution >= 4 is 23.7 Å². The maximum atomic E-state index is 11.5.